The number of hydrogen-bond acceptors (Lipinski definition) is 3. The average molecular weight is 239 g/mol. The van der Waals surface area contributed by atoms with Crippen LogP contribution in [0.1, 0.15) is 11.1 Å². The van der Waals surface area contributed by atoms with Gasteiger partial charge in [-0.1, -0.05) is 24.3 Å². The molecule has 0 bridgehead atoms. The molecule has 18 heavy (non-hydrogen) atoms. The molecule has 0 saturated carbocycles. The van der Waals surface area contributed by atoms with Crippen LogP contribution >= 0.6 is 0 Å². The molecule has 0 spiro atoms. The van der Waals surface area contributed by atoms with Crippen LogP contribution in [0, 0.1) is 11.3 Å². The summed E-state index contributed by atoms with van der Waals surface area (Å²) in [6.45, 7) is 0.433. The Bertz CT molecular complexity index is 555. The van der Waals surface area contributed by atoms with Crippen molar-refractivity contribution in [1.82, 2.24) is 0 Å². The molecule has 0 fully saturated rings. The Kier molecular flexibility index (Phi) is 3.83. The van der Waals surface area contributed by atoms with E-state index >= 15 is 0 Å². The maximum atomic E-state index is 8.94. The van der Waals surface area contributed by atoms with Gasteiger partial charge in [0, 0.05) is 0 Å². The summed E-state index contributed by atoms with van der Waals surface area (Å²) in [5.41, 5.74) is 1.58. The summed E-state index contributed by atoms with van der Waals surface area (Å²) >= 11 is 0. The summed E-state index contributed by atoms with van der Waals surface area (Å²) in [5, 5.41) is 8.94. The van der Waals surface area contributed by atoms with Crippen LogP contribution in [0.3, 0.4) is 0 Å². The molecular formula is C15H13NO2. The Morgan fingerprint density at radius 1 is 1.06 bits per heavy atom. The molecule has 3 heteroatoms. The number of nitriles is 1. The van der Waals surface area contributed by atoms with Crippen molar-refractivity contribution in [3.8, 4) is 17.6 Å². The van der Waals surface area contributed by atoms with E-state index in [0.29, 0.717) is 17.9 Å². The molecule has 0 aliphatic heterocycles. The van der Waals surface area contributed by atoms with E-state index in [9.17, 15) is 0 Å². The summed E-state index contributed by atoms with van der Waals surface area (Å²) in [6.07, 6.45) is 0. The molecule has 0 aromatic heterocycles. The first-order valence-electron chi connectivity index (χ1n) is 5.58. The van der Waals surface area contributed by atoms with Crippen molar-refractivity contribution in [2.45, 2.75) is 6.61 Å². The van der Waals surface area contributed by atoms with Gasteiger partial charge >= 0.3 is 0 Å². The molecule has 2 aromatic carbocycles. The Morgan fingerprint density at radius 2 is 1.78 bits per heavy atom. The summed E-state index contributed by atoms with van der Waals surface area (Å²) < 4.78 is 10.7. The Labute approximate surface area is 106 Å². The van der Waals surface area contributed by atoms with Crippen LogP contribution in [0.15, 0.2) is 48.5 Å². The standard InChI is InChI=1S/C15H13NO2/c1-17-14-8-6-12(7-9-14)11-18-15-5-3-2-4-13(15)10-16/h2-9H,11H2,1H3. The quantitative estimate of drug-likeness (QED) is 0.823. The lowest BCUT2D eigenvalue weighted by molar-refractivity contribution is 0.305. The van der Waals surface area contributed by atoms with E-state index in [1.54, 1.807) is 19.2 Å². The molecule has 3 nitrogen and oxygen atoms in total. The van der Waals surface area contributed by atoms with Crippen LogP contribution in [0.2, 0.25) is 0 Å². The van der Waals surface area contributed by atoms with Gasteiger partial charge in [-0.25, -0.2) is 0 Å². The lowest BCUT2D eigenvalue weighted by Gasteiger charge is -2.08. The monoisotopic (exact) mass is 239 g/mol. The molecule has 0 atom stereocenters. The maximum Gasteiger partial charge on any atom is 0.137 e. The molecule has 0 unspecified atom stereocenters. The highest BCUT2D eigenvalue weighted by molar-refractivity contribution is 5.42. The van der Waals surface area contributed by atoms with E-state index in [1.807, 2.05) is 36.4 Å². The van der Waals surface area contributed by atoms with Gasteiger partial charge < -0.3 is 9.47 Å². The molecular weight excluding hydrogens is 226 g/mol. The molecule has 0 amide bonds. The predicted octanol–water partition coefficient (Wildman–Crippen LogP) is 3.15. The Morgan fingerprint density at radius 3 is 2.44 bits per heavy atom. The summed E-state index contributed by atoms with van der Waals surface area (Å²) in [5.74, 6) is 1.42. The maximum absolute atomic E-state index is 8.94. The SMILES string of the molecule is COc1ccc(COc2ccccc2C#N)cc1. The van der Waals surface area contributed by atoms with Crippen LogP contribution < -0.4 is 9.47 Å². The summed E-state index contributed by atoms with van der Waals surface area (Å²) in [4.78, 5) is 0. The van der Waals surface area contributed by atoms with E-state index in [2.05, 4.69) is 6.07 Å². The Balaban J connectivity index is 2.05. The van der Waals surface area contributed by atoms with E-state index in [0.717, 1.165) is 11.3 Å². The van der Waals surface area contributed by atoms with Crippen molar-refractivity contribution < 1.29 is 9.47 Å². The second-order valence-corrected chi connectivity index (χ2v) is 3.74. The number of methoxy groups -OCH3 is 1. The van der Waals surface area contributed by atoms with Crippen molar-refractivity contribution in [3.63, 3.8) is 0 Å². The van der Waals surface area contributed by atoms with Gasteiger partial charge in [0.2, 0.25) is 0 Å². The molecule has 0 aliphatic rings. The number of nitrogens with zero attached hydrogens (tertiary/aromatic N) is 1. The molecule has 2 aromatic rings. The fourth-order valence-corrected chi connectivity index (χ4v) is 1.57. The van der Waals surface area contributed by atoms with E-state index in [4.69, 9.17) is 14.7 Å². The lowest BCUT2D eigenvalue weighted by atomic mass is 10.2. The minimum absolute atomic E-state index is 0.433. The van der Waals surface area contributed by atoms with Crippen LogP contribution in [-0.4, -0.2) is 7.11 Å². The highest BCUT2D eigenvalue weighted by atomic mass is 16.5. The zero-order valence-electron chi connectivity index (χ0n) is 10.1. The number of rotatable bonds is 4. The minimum atomic E-state index is 0.433. The van der Waals surface area contributed by atoms with Gasteiger partial charge in [0.05, 0.1) is 12.7 Å². The normalized spacial score (nSPS) is 9.56. The van der Waals surface area contributed by atoms with Gasteiger partial charge in [0.1, 0.15) is 24.2 Å². The lowest BCUT2D eigenvalue weighted by Crippen LogP contribution is -1.97. The fraction of sp³-hybridized carbons (Fsp3) is 0.133. The highest BCUT2D eigenvalue weighted by Crippen LogP contribution is 2.19. The predicted molar refractivity (Wildman–Crippen MR) is 68.5 cm³/mol. The third-order valence-electron chi connectivity index (χ3n) is 2.56. The topological polar surface area (TPSA) is 42.2 Å². The average Bonchev–Trinajstić information content (AvgIpc) is 2.46. The van der Waals surface area contributed by atoms with Gasteiger partial charge in [-0.15, -0.1) is 0 Å². The second kappa shape index (κ2) is 5.74. The van der Waals surface area contributed by atoms with Crippen molar-refractivity contribution >= 4 is 0 Å². The number of benzene rings is 2. The van der Waals surface area contributed by atoms with Gasteiger partial charge in [-0.3, -0.25) is 0 Å². The summed E-state index contributed by atoms with van der Waals surface area (Å²) in [6, 6.07) is 17.0. The van der Waals surface area contributed by atoms with Gasteiger partial charge in [-0.2, -0.15) is 5.26 Å². The van der Waals surface area contributed by atoms with Crippen molar-refractivity contribution in [2.75, 3.05) is 7.11 Å². The molecule has 90 valence electrons. The van der Waals surface area contributed by atoms with Gasteiger partial charge in [0.15, 0.2) is 0 Å². The van der Waals surface area contributed by atoms with Crippen molar-refractivity contribution in [3.05, 3.63) is 59.7 Å². The fourth-order valence-electron chi connectivity index (χ4n) is 1.57. The van der Waals surface area contributed by atoms with Crippen molar-refractivity contribution in [1.29, 1.82) is 5.26 Å². The first-order chi connectivity index (χ1) is 8.83. The third kappa shape index (κ3) is 2.80. The molecule has 0 heterocycles. The zero-order valence-corrected chi connectivity index (χ0v) is 10.1. The molecule has 0 saturated heterocycles. The van der Waals surface area contributed by atoms with E-state index < -0.39 is 0 Å². The number of hydrogen-bond donors (Lipinski definition) is 0. The van der Waals surface area contributed by atoms with E-state index in [1.165, 1.54) is 0 Å². The van der Waals surface area contributed by atoms with Gasteiger partial charge in [0.25, 0.3) is 0 Å². The molecule has 0 aliphatic carbocycles. The minimum Gasteiger partial charge on any atom is -0.497 e. The molecule has 0 radical (unpaired) electrons. The third-order valence-corrected chi connectivity index (χ3v) is 2.56. The zero-order chi connectivity index (χ0) is 12.8. The van der Waals surface area contributed by atoms with Gasteiger partial charge in [-0.05, 0) is 29.8 Å². The largest absolute Gasteiger partial charge is 0.497 e. The van der Waals surface area contributed by atoms with Crippen LogP contribution in [0.5, 0.6) is 11.5 Å². The van der Waals surface area contributed by atoms with Crippen LogP contribution in [0.25, 0.3) is 0 Å². The smallest absolute Gasteiger partial charge is 0.137 e. The summed E-state index contributed by atoms with van der Waals surface area (Å²) in [7, 11) is 1.63. The number of ether oxygens (including phenoxy) is 2. The van der Waals surface area contributed by atoms with Crippen LogP contribution in [0.4, 0.5) is 0 Å². The second-order valence-electron chi connectivity index (χ2n) is 3.74. The van der Waals surface area contributed by atoms with Crippen molar-refractivity contribution in [2.24, 2.45) is 0 Å². The van der Waals surface area contributed by atoms with E-state index in [-0.39, 0.29) is 0 Å². The first kappa shape index (κ1) is 12.0. The van der Waals surface area contributed by atoms with Crippen LogP contribution in [-0.2, 0) is 6.61 Å². The molecule has 2 rings (SSSR count). The number of para-hydroxylation sites is 1. The Hall–Kier alpha value is -2.47. The first-order valence-corrected chi connectivity index (χ1v) is 5.58. The highest BCUT2D eigenvalue weighted by Gasteiger charge is 2.02. The molecule has 0 N–H and O–H groups in total.